The lowest BCUT2D eigenvalue weighted by Gasteiger charge is -2.17. The van der Waals surface area contributed by atoms with Gasteiger partial charge in [0.1, 0.15) is 5.82 Å². The molecule has 0 aliphatic heterocycles. The highest BCUT2D eigenvalue weighted by Crippen LogP contribution is 2.05. The fourth-order valence-electron chi connectivity index (χ4n) is 0.865. The predicted octanol–water partition coefficient (Wildman–Crippen LogP) is -0.242. The van der Waals surface area contributed by atoms with Gasteiger partial charge in [0.05, 0.1) is 5.60 Å². The van der Waals surface area contributed by atoms with E-state index in [4.69, 9.17) is 5.73 Å². The highest BCUT2D eigenvalue weighted by Gasteiger charge is 2.12. The van der Waals surface area contributed by atoms with Crippen molar-refractivity contribution in [2.24, 2.45) is 5.73 Å². The Kier molecular flexibility index (Phi) is 3.21. The fourth-order valence-corrected chi connectivity index (χ4v) is 0.865. The van der Waals surface area contributed by atoms with E-state index in [-0.39, 0.29) is 5.69 Å². The molecule has 0 fully saturated rings. The first-order valence-corrected chi connectivity index (χ1v) is 4.48. The molecule has 0 unspecified atom stereocenters. The highest BCUT2D eigenvalue weighted by molar-refractivity contribution is 5.90. The molecule has 1 aromatic rings. The van der Waals surface area contributed by atoms with E-state index in [9.17, 15) is 9.90 Å². The number of aliphatic hydroxyl groups is 1. The molecule has 4 N–H and O–H groups in total. The molecule has 0 aliphatic carbocycles. The molecule has 0 bridgehead atoms. The summed E-state index contributed by atoms with van der Waals surface area (Å²) in [6.07, 6.45) is 0. The van der Waals surface area contributed by atoms with E-state index in [0.29, 0.717) is 12.4 Å². The van der Waals surface area contributed by atoms with Gasteiger partial charge in [-0.2, -0.15) is 0 Å². The van der Waals surface area contributed by atoms with Crippen LogP contribution in [-0.2, 0) is 0 Å². The molecular formula is C9H14N4O2. The van der Waals surface area contributed by atoms with E-state index in [1.807, 2.05) is 0 Å². The molecule has 1 rings (SSSR count). The van der Waals surface area contributed by atoms with Gasteiger partial charge in [0.15, 0.2) is 5.69 Å². The molecule has 0 saturated carbocycles. The minimum absolute atomic E-state index is 0.115. The summed E-state index contributed by atoms with van der Waals surface area (Å²) in [6, 6.07) is 3.06. The molecule has 0 aromatic carbocycles. The van der Waals surface area contributed by atoms with E-state index in [0.717, 1.165) is 0 Å². The summed E-state index contributed by atoms with van der Waals surface area (Å²) in [4.78, 5) is 10.7. The van der Waals surface area contributed by atoms with Crippen LogP contribution < -0.4 is 11.1 Å². The number of carbonyl (C=O) groups excluding carboxylic acids is 1. The third-order valence-electron chi connectivity index (χ3n) is 1.62. The molecule has 6 heteroatoms. The number of hydrogen-bond donors (Lipinski definition) is 3. The minimum atomic E-state index is -0.829. The Morgan fingerprint density at radius 3 is 2.60 bits per heavy atom. The van der Waals surface area contributed by atoms with E-state index >= 15 is 0 Å². The second-order valence-corrected chi connectivity index (χ2v) is 3.83. The molecule has 1 amide bonds. The maximum atomic E-state index is 10.7. The second kappa shape index (κ2) is 4.22. The Bertz CT molecular complexity index is 342. The Labute approximate surface area is 87.5 Å². The van der Waals surface area contributed by atoms with Crippen LogP contribution in [0.4, 0.5) is 5.82 Å². The predicted molar refractivity (Wildman–Crippen MR) is 55.3 cm³/mol. The highest BCUT2D eigenvalue weighted by atomic mass is 16.3. The molecule has 0 aliphatic rings. The summed E-state index contributed by atoms with van der Waals surface area (Å²) < 4.78 is 0. The normalized spacial score (nSPS) is 11.1. The molecule has 0 atom stereocenters. The van der Waals surface area contributed by atoms with Crippen LogP contribution in [0.15, 0.2) is 12.1 Å². The molecule has 1 heterocycles. The molecule has 82 valence electrons. The van der Waals surface area contributed by atoms with Gasteiger partial charge in [-0.3, -0.25) is 4.79 Å². The lowest BCUT2D eigenvalue weighted by atomic mass is 10.1. The molecule has 15 heavy (non-hydrogen) atoms. The van der Waals surface area contributed by atoms with Crippen LogP contribution >= 0.6 is 0 Å². The average molecular weight is 210 g/mol. The second-order valence-electron chi connectivity index (χ2n) is 3.83. The quantitative estimate of drug-likeness (QED) is 0.636. The van der Waals surface area contributed by atoms with Crippen LogP contribution in [0, 0.1) is 0 Å². The van der Waals surface area contributed by atoms with Gasteiger partial charge >= 0.3 is 0 Å². The number of nitrogens with zero attached hydrogens (tertiary/aromatic N) is 2. The number of primary amides is 1. The standard InChI is InChI=1S/C9H14N4O2/c1-9(2,15)5-11-7-4-3-6(8(10)14)12-13-7/h3-4,15H,5H2,1-2H3,(H2,10,14)(H,11,13). The maximum absolute atomic E-state index is 10.7. The van der Waals surface area contributed by atoms with Gasteiger partial charge in [0.2, 0.25) is 0 Å². The molecule has 0 saturated heterocycles. The van der Waals surface area contributed by atoms with Crippen molar-refractivity contribution in [2.75, 3.05) is 11.9 Å². The third-order valence-corrected chi connectivity index (χ3v) is 1.62. The first-order chi connectivity index (χ1) is 6.88. The number of hydrogen-bond acceptors (Lipinski definition) is 5. The SMILES string of the molecule is CC(C)(O)CNc1ccc(C(N)=O)nn1. The number of anilines is 1. The van der Waals surface area contributed by atoms with E-state index in [1.165, 1.54) is 6.07 Å². The molecular weight excluding hydrogens is 196 g/mol. The van der Waals surface area contributed by atoms with Crippen molar-refractivity contribution in [1.29, 1.82) is 0 Å². The number of nitrogens with one attached hydrogen (secondary N) is 1. The zero-order valence-corrected chi connectivity index (χ0v) is 8.69. The van der Waals surface area contributed by atoms with Gasteiger partial charge in [-0.15, -0.1) is 10.2 Å². The van der Waals surface area contributed by atoms with Gasteiger partial charge < -0.3 is 16.2 Å². The van der Waals surface area contributed by atoms with Gasteiger partial charge in [0.25, 0.3) is 5.91 Å². The minimum Gasteiger partial charge on any atom is -0.389 e. The van der Waals surface area contributed by atoms with Gasteiger partial charge in [-0.25, -0.2) is 0 Å². The van der Waals surface area contributed by atoms with E-state index in [1.54, 1.807) is 19.9 Å². The summed E-state index contributed by atoms with van der Waals surface area (Å²) >= 11 is 0. The molecule has 6 nitrogen and oxygen atoms in total. The molecule has 0 spiro atoms. The topological polar surface area (TPSA) is 101 Å². The van der Waals surface area contributed by atoms with Crippen molar-refractivity contribution in [3.05, 3.63) is 17.8 Å². The van der Waals surface area contributed by atoms with Crippen LogP contribution in [0.5, 0.6) is 0 Å². The van der Waals surface area contributed by atoms with Crippen molar-refractivity contribution in [1.82, 2.24) is 10.2 Å². The maximum Gasteiger partial charge on any atom is 0.269 e. The Hall–Kier alpha value is -1.69. The number of rotatable bonds is 4. The number of carbonyl (C=O) groups is 1. The lowest BCUT2D eigenvalue weighted by Crippen LogP contribution is -2.29. The number of nitrogens with two attached hydrogens (primary N) is 1. The monoisotopic (exact) mass is 210 g/mol. The number of aromatic nitrogens is 2. The van der Waals surface area contributed by atoms with Crippen molar-refractivity contribution >= 4 is 11.7 Å². The Balaban J connectivity index is 2.61. The summed E-state index contributed by atoms with van der Waals surface area (Å²) in [6.45, 7) is 3.69. The summed E-state index contributed by atoms with van der Waals surface area (Å²) in [5.74, 6) is -0.126. The smallest absolute Gasteiger partial charge is 0.269 e. The van der Waals surface area contributed by atoms with Crippen molar-refractivity contribution in [3.8, 4) is 0 Å². The van der Waals surface area contributed by atoms with Gasteiger partial charge in [-0.1, -0.05) is 0 Å². The average Bonchev–Trinajstić information content (AvgIpc) is 2.14. The van der Waals surface area contributed by atoms with E-state index in [2.05, 4.69) is 15.5 Å². The molecule has 0 radical (unpaired) electrons. The van der Waals surface area contributed by atoms with Crippen LogP contribution in [0.3, 0.4) is 0 Å². The van der Waals surface area contributed by atoms with Crippen molar-refractivity contribution < 1.29 is 9.90 Å². The van der Waals surface area contributed by atoms with Crippen LogP contribution in [0.25, 0.3) is 0 Å². The first-order valence-electron chi connectivity index (χ1n) is 4.48. The molecule has 1 aromatic heterocycles. The fraction of sp³-hybridized carbons (Fsp3) is 0.444. The van der Waals surface area contributed by atoms with Crippen LogP contribution in [-0.4, -0.2) is 33.4 Å². The van der Waals surface area contributed by atoms with Crippen LogP contribution in [0.1, 0.15) is 24.3 Å². The van der Waals surface area contributed by atoms with Crippen molar-refractivity contribution in [3.63, 3.8) is 0 Å². The summed E-state index contributed by atoms with van der Waals surface area (Å²) in [5, 5.41) is 19.7. The van der Waals surface area contributed by atoms with Gasteiger partial charge in [-0.05, 0) is 26.0 Å². The largest absolute Gasteiger partial charge is 0.389 e. The summed E-state index contributed by atoms with van der Waals surface area (Å²) in [7, 11) is 0. The van der Waals surface area contributed by atoms with Gasteiger partial charge in [0, 0.05) is 6.54 Å². The Morgan fingerprint density at radius 2 is 2.20 bits per heavy atom. The lowest BCUT2D eigenvalue weighted by molar-refractivity contribution is 0.0942. The van der Waals surface area contributed by atoms with Crippen LogP contribution in [0.2, 0.25) is 0 Å². The van der Waals surface area contributed by atoms with Crippen molar-refractivity contribution in [2.45, 2.75) is 19.4 Å². The third kappa shape index (κ3) is 3.90. The Morgan fingerprint density at radius 1 is 1.53 bits per heavy atom. The zero-order valence-electron chi connectivity index (χ0n) is 8.69. The summed E-state index contributed by atoms with van der Waals surface area (Å²) in [5.41, 5.74) is 4.29. The zero-order chi connectivity index (χ0) is 11.5. The number of amides is 1. The van der Waals surface area contributed by atoms with E-state index < -0.39 is 11.5 Å². The first kappa shape index (κ1) is 11.4.